The number of pyridine rings is 1. The van der Waals surface area contributed by atoms with E-state index in [1.807, 2.05) is 13.0 Å². The van der Waals surface area contributed by atoms with E-state index in [1.54, 1.807) is 11.3 Å². The average Bonchev–Trinajstić information content (AvgIpc) is 2.29. The molecule has 0 amide bonds. The van der Waals surface area contributed by atoms with Crippen molar-refractivity contribution < 1.29 is 0 Å². The topological polar surface area (TPSA) is 12.9 Å². The highest BCUT2D eigenvalue weighted by molar-refractivity contribution is 7.19. The number of aryl methyl sites for hydroxylation is 2. The molecule has 2 rings (SSSR count). The lowest BCUT2D eigenvalue weighted by molar-refractivity contribution is 1.26. The number of rotatable bonds is 0. The van der Waals surface area contributed by atoms with Gasteiger partial charge in [-0.1, -0.05) is 11.6 Å². The van der Waals surface area contributed by atoms with Gasteiger partial charge in [-0.2, -0.15) is 0 Å². The monoisotopic (exact) mass is 197 g/mol. The van der Waals surface area contributed by atoms with Crippen molar-refractivity contribution in [1.82, 2.24) is 4.98 Å². The Morgan fingerprint density at radius 2 is 2.08 bits per heavy atom. The smallest absolute Gasteiger partial charge is 0.0830 e. The van der Waals surface area contributed by atoms with Crippen LogP contribution in [0.25, 0.3) is 10.2 Å². The standard InChI is InChI=1S/C9H8ClNS/c1-5-3-7(10)9-8(11-5)4-6(2)12-9/h3-4H,1-2H3. The number of nitrogens with zero attached hydrogens (tertiary/aromatic N) is 1. The van der Waals surface area contributed by atoms with E-state index in [0.29, 0.717) is 0 Å². The summed E-state index contributed by atoms with van der Waals surface area (Å²) in [7, 11) is 0. The maximum absolute atomic E-state index is 6.05. The van der Waals surface area contributed by atoms with Gasteiger partial charge in [-0.3, -0.25) is 4.98 Å². The predicted octanol–water partition coefficient (Wildman–Crippen LogP) is 3.57. The molecule has 12 heavy (non-hydrogen) atoms. The van der Waals surface area contributed by atoms with Gasteiger partial charge in [0.25, 0.3) is 0 Å². The lowest BCUT2D eigenvalue weighted by Gasteiger charge is -1.94. The van der Waals surface area contributed by atoms with Crippen LogP contribution < -0.4 is 0 Å². The Balaban J connectivity index is 2.88. The zero-order chi connectivity index (χ0) is 8.72. The number of aromatic nitrogens is 1. The molecular formula is C9H8ClNS. The molecule has 1 nitrogen and oxygen atoms in total. The number of hydrogen-bond donors (Lipinski definition) is 0. The molecule has 0 N–H and O–H groups in total. The summed E-state index contributed by atoms with van der Waals surface area (Å²) >= 11 is 7.74. The normalized spacial score (nSPS) is 10.9. The summed E-state index contributed by atoms with van der Waals surface area (Å²) < 4.78 is 1.10. The van der Waals surface area contributed by atoms with Gasteiger partial charge >= 0.3 is 0 Å². The van der Waals surface area contributed by atoms with Crippen molar-refractivity contribution in [1.29, 1.82) is 0 Å². The van der Waals surface area contributed by atoms with Crippen LogP contribution in [0.1, 0.15) is 10.6 Å². The zero-order valence-corrected chi connectivity index (χ0v) is 8.46. The van der Waals surface area contributed by atoms with Gasteiger partial charge in [0.1, 0.15) is 0 Å². The molecule has 0 saturated carbocycles. The second-order valence-corrected chi connectivity index (χ2v) is 4.48. The van der Waals surface area contributed by atoms with Gasteiger partial charge in [-0.05, 0) is 26.0 Å². The Bertz CT molecular complexity index is 433. The van der Waals surface area contributed by atoms with Crippen LogP contribution in [-0.4, -0.2) is 4.98 Å². The summed E-state index contributed by atoms with van der Waals surface area (Å²) in [6.07, 6.45) is 0. The van der Waals surface area contributed by atoms with E-state index in [1.165, 1.54) is 4.88 Å². The molecule has 0 bridgehead atoms. The van der Waals surface area contributed by atoms with E-state index in [0.717, 1.165) is 20.9 Å². The number of halogens is 1. The van der Waals surface area contributed by atoms with E-state index >= 15 is 0 Å². The lowest BCUT2D eigenvalue weighted by atomic mass is 10.3. The van der Waals surface area contributed by atoms with Crippen molar-refractivity contribution in [3.8, 4) is 0 Å². The maximum atomic E-state index is 6.05. The molecule has 62 valence electrons. The van der Waals surface area contributed by atoms with E-state index in [9.17, 15) is 0 Å². The maximum Gasteiger partial charge on any atom is 0.0830 e. The minimum absolute atomic E-state index is 0.815. The van der Waals surface area contributed by atoms with Crippen LogP contribution in [0, 0.1) is 13.8 Å². The summed E-state index contributed by atoms with van der Waals surface area (Å²) in [5.41, 5.74) is 1.99. The van der Waals surface area contributed by atoms with Crippen molar-refractivity contribution in [2.45, 2.75) is 13.8 Å². The second kappa shape index (κ2) is 2.71. The van der Waals surface area contributed by atoms with Crippen molar-refractivity contribution in [2.24, 2.45) is 0 Å². The highest BCUT2D eigenvalue weighted by Gasteiger charge is 2.04. The Morgan fingerprint density at radius 1 is 1.33 bits per heavy atom. The molecular weight excluding hydrogens is 190 g/mol. The summed E-state index contributed by atoms with van der Waals surface area (Å²) in [6, 6.07) is 3.97. The first-order valence-corrected chi connectivity index (χ1v) is 4.89. The fraction of sp³-hybridized carbons (Fsp3) is 0.222. The van der Waals surface area contributed by atoms with Crippen LogP contribution in [0.15, 0.2) is 12.1 Å². The summed E-state index contributed by atoms with van der Waals surface area (Å²) in [5, 5.41) is 0.815. The van der Waals surface area contributed by atoms with Crippen LogP contribution in [0.5, 0.6) is 0 Å². The van der Waals surface area contributed by atoms with Gasteiger partial charge in [-0.15, -0.1) is 11.3 Å². The van der Waals surface area contributed by atoms with Crippen LogP contribution >= 0.6 is 22.9 Å². The molecule has 0 aliphatic rings. The van der Waals surface area contributed by atoms with Gasteiger partial charge in [0, 0.05) is 10.6 Å². The number of thiophene rings is 1. The Morgan fingerprint density at radius 3 is 2.83 bits per heavy atom. The van der Waals surface area contributed by atoms with Crippen LogP contribution in [0.2, 0.25) is 5.02 Å². The van der Waals surface area contributed by atoms with E-state index < -0.39 is 0 Å². The summed E-state index contributed by atoms with van der Waals surface area (Å²) in [5.74, 6) is 0. The quantitative estimate of drug-likeness (QED) is 0.629. The molecule has 0 fully saturated rings. The fourth-order valence-corrected chi connectivity index (χ4v) is 2.45. The third-order valence-corrected chi connectivity index (χ3v) is 3.17. The summed E-state index contributed by atoms with van der Waals surface area (Å²) in [4.78, 5) is 5.64. The second-order valence-electron chi connectivity index (χ2n) is 2.82. The summed E-state index contributed by atoms with van der Waals surface area (Å²) in [6.45, 7) is 4.02. The van der Waals surface area contributed by atoms with Gasteiger partial charge in [0.2, 0.25) is 0 Å². The molecule has 0 aliphatic carbocycles. The first kappa shape index (κ1) is 8.02. The third kappa shape index (κ3) is 1.21. The molecule has 0 saturated heterocycles. The third-order valence-electron chi connectivity index (χ3n) is 1.69. The minimum Gasteiger partial charge on any atom is -0.252 e. The lowest BCUT2D eigenvalue weighted by Crippen LogP contribution is -1.79. The van der Waals surface area contributed by atoms with Gasteiger partial charge in [0.05, 0.1) is 15.2 Å². The van der Waals surface area contributed by atoms with Crippen molar-refractivity contribution >= 4 is 33.2 Å². The Labute approximate surface area is 80.0 Å². The van der Waals surface area contributed by atoms with Crippen molar-refractivity contribution in [3.63, 3.8) is 0 Å². The minimum atomic E-state index is 0.815. The van der Waals surface area contributed by atoms with E-state index in [4.69, 9.17) is 11.6 Å². The largest absolute Gasteiger partial charge is 0.252 e. The van der Waals surface area contributed by atoms with Gasteiger partial charge in [-0.25, -0.2) is 0 Å². The molecule has 2 heterocycles. The van der Waals surface area contributed by atoms with Crippen LogP contribution in [0.3, 0.4) is 0 Å². The number of hydrogen-bond acceptors (Lipinski definition) is 2. The first-order valence-electron chi connectivity index (χ1n) is 3.70. The molecule has 2 aromatic rings. The molecule has 2 aromatic heterocycles. The highest BCUT2D eigenvalue weighted by atomic mass is 35.5. The van der Waals surface area contributed by atoms with Crippen LogP contribution in [-0.2, 0) is 0 Å². The molecule has 0 atom stereocenters. The molecule has 0 aromatic carbocycles. The molecule has 0 aliphatic heterocycles. The Hall–Kier alpha value is -0.600. The van der Waals surface area contributed by atoms with Crippen molar-refractivity contribution in [2.75, 3.05) is 0 Å². The first-order chi connectivity index (χ1) is 5.66. The molecule has 0 radical (unpaired) electrons. The van der Waals surface area contributed by atoms with E-state index in [-0.39, 0.29) is 0 Å². The van der Waals surface area contributed by atoms with Crippen molar-refractivity contribution in [3.05, 3.63) is 27.7 Å². The van der Waals surface area contributed by atoms with Crippen LogP contribution in [0.4, 0.5) is 0 Å². The number of fused-ring (bicyclic) bond motifs is 1. The molecule has 0 spiro atoms. The fourth-order valence-electron chi connectivity index (χ4n) is 1.23. The van der Waals surface area contributed by atoms with E-state index in [2.05, 4.69) is 18.0 Å². The average molecular weight is 198 g/mol. The SMILES string of the molecule is Cc1cc(Cl)c2sc(C)cc2n1. The molecule has 0 unspecified atom stereocenters. The zero-order valence-electron chi connectivity index (χ0n) is 6.89. The molecule has 3 heteroatoms. The predicted molar refractivity (Wildman–Crippen MR) is 54.1 cm³/mol. The Kier molecular flexibility index (Phi) is 1.81. The van der Waals surface area contributed by atoms with Gasteiger partial charge in [0.15, 0.2) is 0 Å². The van der Waals surface area contributed by atoms with Gasteiger partial charge < -0.3 is 0 Å². The highest BCUT2D eigenvalue weighted by Crippen LogP contribution is 2.30.